The first-order valence-corrected chi connectivity index (χ1v) is 5.29. The van der Waals surface area contributed by atoms with E-state index in [4.69, 9.17) is 28.0 Å². The van der Waals surface area contributed by atoms with Crippen LogP contribution in [0, 0.1) is 5.92 Å². The Hall–Kier alpha value is -0.680. The largest absolute Gasteiger partial charge is 0.395 e. The van der Waals surface area contributed by atoms with Gasteiger partial charge in [-0.3, -0.25) is 4.79 Å². The Kier molecular flexibility index (Phi) is 2.68. The molecule has 0 saturated heterocycles. The Balaban J connectivity index is 1.82. The molecule has 0 N–H and O–H groups in total. The molecule has 0 radical (unpaired) electrons. The molecule has 0 aromatic carbocycles. The fourth-order valence-electron chi connectivity index (χ4n) is 1.19. The lowest BCUT2D eigenvalue weighted by molar-refractivity contribution is -0.112. The molecular formula is C8H9Cl2N3O2. The van der Waals surface area contributed by atoms with Crippen LogP contribution in [-0.2, 0) is 9.63 Å². The zero-order valence-electron chi connectivity index (χ0n) is 7.98. The molecule has 1 amide bonds. The van der Waals surface area contributed by atoms with Crippen LogP contribution in [-0.4, -0.2) is 28.6 Å². The number of hydrogen-bond acceptors (Lipinski definition) is 4. The van der Waals surface area contributed by atoms with Crippen LogP contribution in [0.25, 0.3) is 0 Å². The van der Waals surface area contributed by atoms with Crippen molar-refractivity contribution in [2.45, 2.75) is 23.7 Å². The molecule has 1 aliphatic carbocycles. The number of azo groups is 1. The van der Waals surface area contributed by atoms with E-state index in [1.165, 1.54) is 0 Å². The van der Waals surface area contributed by atoms with Gasteiger partial charge in [0.25, 0.3) is 0 Å². The summed E-state index contributed by atoms with van der Waals surface area (Å²) in [6, 6.07) is -0.325. The average molecular weight is 250 g/mol. The Morgan fingerprint density at radius 1 is 1.67 bits per heavy atom. The van der Waals surface area contributed by atoms with Gasteiger partial charge in [-0.25, -0.2) is 0 Å². The third-order valence-electron chi connectivity index (χ3n) is 2.33. The smallest absolute Gasteiger partial charge is 0.315 e. The summed E-state index contributed by atoms with van der Waals surface area (Å²) >= 11 is 11.6. The van der Waals surface area contributed by atoms with Crippen molar-refractivity contribution in [1.82, 2.24) is 0 Å². The summed E-state index contributed by atoms with van der Waals surface area (Å²) < 4.78 is -0.680. The summed E-state index contributed by atoms with van der Waals surface area (Å²) in [5.41, 5.74) is 0.227. The van der Waals surface area contributed by atoms with Gasteiger partial charge in [0.2, 0.25) is 0 Å². The second kappa shape index (κ2) is 3.72. The minimum absolute atomic E-state index is 0.0888. The number of nitrogens with zero attached hydrogens (tertiary/aromatic N) is 3. The van der Waals surface area contributed by atoms with Crippen molar-refractivity contribution in [3.63, 3.8) is 0 Å². The van der Waals surface area contributed by atoms with Crippen LogP contribution in [0.4, 0.5) is 0 Å². The number of carbonyl (C=O) groups excluding carboxylic acids is 1. The van der Waals surface area contributed by atoms with Crippen molar-refractivity contribution >= 4 is 34.8 Å². The van der Waals surface area contributed by atoms with Crippen molar-refractivity contribution in [2.24, 2.45) is 21.3 Å². The number of oxime groups is 1. The predicted octanol–water partition coefficient (Wildman–Crippen LogP) is 1.93. The van der Waals surface area contributed by atoms with Gasteiger partial charge < -0.3 is 4.84 Å². The molecule has 2 rings (SSSR count). The van der Waals surface area contributed by atoms with Gasteiger partial charge in [-0.2, -0.15) is 5.11 Å². The second-order valence-electron chi connectivity index (χ2n) is 3.63. The summed E-state index contributed by atoms with van der Waals surface area (Å²) in [5.74, 6) is -0.354. The summed E-state index contributed by atoms with van der Waals surface area (Å²) in [4.78, 5) is 16.1. The SMILES string of the molecule is CC1N=NC(=O)C1=NOCC1CC1(Cl)Cl. The Morgan fingerprint density at radius 2 is 2.33 bits per heavy atom. The summed E-state index contributed by atoms with van der Waals surface area (Å²) in [6.07, 6.45) is 0.694. The number of amides is 1. The molecule has 1 aliphatic heterocycles. The van der Waals surface area contributed by atoms with E-state index in [0.29, 0.717) is 13.0 Å². The zero-order valence-corrected chi connectivity index (χ0v) is 9.49. The van der Waals surface area contributed by atoms with Crippen molar-refractivity contribution < 1.29 is 9.63 Å². The third kappa shape index (κ3) is 2.29. The molecule has 1 fully saturated rings. The Morgan fingerprint density at radius 3 is 2.80 bits per heavy atom. The van der Waals surface area contributed by atoms with Gasteiger partial charge in [-0.1, -0.05) is 5.16 Å². The topological polar surface area (TPSA) is 63.4 Å². The highest BCUT2D eigenvalue weighted by Gasteiger charge is 2.52. The molecular weight excluding hydrogens is 241 g/mol. The summed E-state index contributed by atoms with van der Waals surface area (Å²) in [6.45, 7) is 2.04. The number of halogens is 2. The predicted molar refractivity (Wildman–Crippen MR) is 55.3 cm³/mol. The standard InChI is InChI=1S/C8H9Cl2N3O2/c1-4-6(7(14)12-11-4)13-15-3-5-2-8(5,9)10/h4-5H,2-3H2,1H3. The van der Waals surface area contributed by atoms with Gasteiger partial charge in [0.05, 0.1) is 0 Å². The zero-order chi connectivity index (χ0) is 11.1. The summed E-state index contributed by atoms with van der Waals surface area (Å²) in [7, 11) is 0. The van der Waals surface area contributed by atoms with E-state index in [-0.39, 0.29) is 17.7 Å². The molecule has 0 bridgehead atoms. The molecule has 1 heterocycles. The molecule has 7 heteroatoms. The first kappa shape index (κ1) is 10.8. The van der Waals surface area contributed by atoms with Crippen LogP contribution in [0.2, 0.25) is 0 Å². The third-order valence-corrected chi connectivity index (χ3v) is 3.26. The van der Waals surface area contributed by atoms with Crippen molar-refractivity contribution in [3.8, 4) is 0 Å². The lowest BCUT2D eigenvalue weighted by Crippen LogP contribution is -2.17. The van der Waals surface area contributed by atoms with Crippen LogP contribution < -0.4 is 0 Å². The van der Waals surface area contributed by atoms with E-state index in [1.807, 2.05) is 0 Å². The molecule has 2 aliphatic rings. The van der Waals surface area contributed by atoms with E-state index in [9.17, 15) is 4.79 Å². The summed E-state index contributed by atoms with van der Waals surface area (Å²) in [5, 5.41) is 10.7. The van der Waals surface area contributed by atoms with E-state index >= 15 is 0 Å². The lowest BCUT2D eigenvalue weighted by atomic mass is 10.2. The van der Waals surface area contributed by atoms with Crippen LogP contribution in [0.15, 0.2) is 15.4 Å². The maximum absolute atomic E-state index is 11.1. The average Bonchev–Trinajstić information content (AvgIpc) is 2.64. The molecule has 2 atom stereocenters. The van der Waals surface area contributed by atoms with E-state index < -0.39 is 10.2 Å². The minimum Gasteiger partial charge on any atom is -0.395 e. The van der Waals surface area contributed by atoms with Gasteiger partial charge in [0, 0.05) is 5.92 Å². The Bertz CT molecular complexity index is 354. The monoisotopic (exact) mass is 249 g/mol. The number of rotatable bonds is 3. The molecule has 82 valence electrons. The fraction of sp³-hybridized carbons (Fsp3) is 0.750. The lowest BCUT2D eigenvalue weighted by Gasteiger charge is -2.01. The quantitative estimate of drug-likeness (QED) is 0.567. The minimum atomic E-state index is -0.680. The van der Waals surface area contributed by atoms with Crippen molar-refractivity contribution in [2.75, 3.05) is 6.61 Å². The first-order chi connectivity index (χ1) is 7.00. The molecule has 1 saturated carbocycles. The van der Waals surface area contributed by atoms with E-state index in [0.717, 1.165) is 0 Å². The van der Waals surface area contributed by atoms with Gasteiger partial charge in [0.1, 0.15) is 17.0 Å². The normalized spacial score (nSPS) is 34.9. The Labute approximate surface area is 96.5 Å². The van der Waals surface area contributed by atoms with Gasteiger partial charge in [-0.15, -0.1) is 28.3 Å². The van der Waals surface area contributed by atoms with Crippen molar-refractivity contribution in [1.29, 1.82) is 0 Å². The highest BCUT2D eigenvalue weighted by molar-refractivity contribution is 6.50. The highest BCUT2D eigenvalue weighted by Crippen LogP contribution is 2.53. The number of hydrogen-bond donors (Lipinski definition) is 0. The van der Waals surface area contributed by atoms with Gasteiger partial charge in [0.15, 0.2) is 5.71 Å². The van der Waals surface area contributed by atoms with Crippen LogP contribution in [0.5, 0.6) is 0 Å². The van der Waals surface area contributed by atoms with E-state index in [2.05, 4.69) is 15.4 Å². The van der Waals surface area contributed by atoms with Gasteiger partial charge >= 0.3 is 5.91 Å². The molecule has 0 aromatic rings. The maximum atomic E-state index is 11.1. The van der Waals surface area contributed by atoms with Crippen LogP contribution in [0.1, 0.15) is 13.3 Å². The molecule has 5 nitrogen and oxygen atoms in total. The number of alkyl halides is 2. The fourth-order valence-corrected chi connectivity index (χ4v) is 1.68. The molecule has 0 aromatic heterocycles. The molecule has 15 heavy (non-hydrogen) atoms. The maximum Gasteiger partial charge on any atom is 0.315 e. The first-order valence-electron chi connectivity index (χ1n) is 4.53. The van der Waals surface area contributed by atoms with Crippen LogP contribution >= 0.6 is 23.2 Å². The van der Waals surface area contributed by atoms with E-state index in [1.54, 1.807) is 6.92 Å². The van der Waals surface area contributed by atoms with Crippen molar-refractivity contribution in [3.05, 3.63) is 0 Å². The highest BCUT2D eigenvalue weighted by atomic mass is 35.5. The molecule has 0 spiro atoms. The van der Waals surface area contributed by atoms with Crippen LogP contribution in [0.3, 0.4) is 0 Å². The van der Waals surface area contributed by atoms with Gasteiger partial charge in [-0.05, 0) is 13.3 Å². The number of carbonyl (C=O) groups is 1. The second-order valence-corrected chi connectivity index (χ2v) is 5.17. The molecule has 2 unspecified atom stereocenters.